The Bertz CT molecular complexity index is 1080. The van der Waals surface area contributed by atoms with E-state index < -0.39 is 0 Å². The van der Waals surface area contributed by atoms with Gasteiger partial charge in [-0.25, -0.2) is 9.97 Å². The van der Waals surface area contributed by atoms with Crippen molar-refractivity contribution in [3.63, 3.8) is 0 Å². The number of para-hydroxylation sites is 2. The number of ether oxygens (including phenoxy) is 2. The van der Waals surface area contributed by atoms with Gasteiger partial charge in [-0.1, -0.05) is 24.3 Å². The number of fused-ring (bicyclic) bond motifs is 1. The predicted molar refractivity (Wildman–Crippen MR) is 130 cm³/mol. The van der Waals surface area contributed by atoms with Crippen LogP contribution >= 0.6 is 0 Å². The molecule has 0 unspecified atom stereocenters. The number of methoxy groups -OCH3 is 2. The van der Waals surface area contributed by atoms with Crippen LogP contribution in [-0.4, -0.2) is 61.8 Å². The Morgan fingerprint density at radius 2 is 1.61 bits per heavy atom. The van der Waals surface area contributed by atoms with Crippen LogP contribution in [0, 0.1) is 0 Å². The molecular weight excluding hydrogens is 414 g/mol. The Morgan fingerprint density at radius 3 is 2.36 bits per heavy atom. The molecule has 2 aliphatic heterocycles. The second kappa shape index (κ2) is 9.67. The first-order valence-corrected chi connectivity index (χ1v) is 11.6. The SMILES string of the molecule is COc1ccc(CN2CCc3nc(N4CCN(c5ccccc5OC)CC4)ncc3C2)cc1. The molecule has 1 saturated heterocycles. The van der Waals surface area contributed by atoms with E-state index in [1.165, 1.54) is 16.8 Å². The quantitative estimate of drug-likeness (QED) is 0.577. The number of hydrogen-bond acceptors (Lipinski definition) is 7. The van der Waals surface area contributed by atoms with E-state index in [1.54, 1.807) is 14.2 Å². The van der Waals surface area contributed by atoms with E-state index in [4.69, 9.17) is 19.4 Å². The first kappa shape index (κ1) is 21.5. The van der Waals surface area contributed by atoms with Gasteiger partial charge in [0, 0.05) is 64.0 Å². The summed E-state index contributed by atoms with van der Waals surface area (Å²) in [5, 5.41) is 0. The van der Waals surface area contributed by atoms with Crippen LogP contribution in [0.3, 0.4) is 0 Å². The summed E-state index contributed by atoms with van der Waals surface area (Å²) in [6.07, 6.45) is 2.99. The van der Waals surface area contributed by atoms with Gasteiger partial charge in [-0.2, -0.15) is 0 Å². The molecule has 3 aromatic rings. The van der Waals surface area contributed by atoms with Gasteiger partial charge in [-0.3, -0.25) is 4.90 Å². The molecule has 3 heterocycles. The summed E-state index contributed by atoms with van der Waals surface area (Å²) in [6, 6.07) is 16.5. The molecule has 0 atom stereocenters. The fraction of sp³-hybridized carbons (Fsp3) is 0.385. The van der Waals surface area contributed by atoms with Crippen molar-refractivity contribution in [1.82, 2.24) is 14.9 Å². The minimum atomic E-state index is 0.858. The number of rotatable bonds is 6. The van der Waals surface area contributed by atoms with Crippen molar-refractivity contribution in [2.45, 2.75) is 19.5 Å². The molecule has 1 fully saturated rings. The van der Waals surface area contributed by atoms with E-state index >= 15 is 0 Å². The summed E-state index contributed by atoms with van der Waals surface area (Å²) < 4.78 is 10.8. The molecule has 5 rings (SSSR count). The van der Waals surface area contributed by atoms with Crippen molar-refractivity contribution < 1.29 is 9.47 Å². The summed E-state index contributed by atoms with van der Waals surface area (Å²) in [6.45, 7) is 6.49. The van der Waals surface area contributed by atoms with Crippen LogP contribution in [0.25, 0.3) is 0 Å². The summed E-state index contributed by atoms with van der Waals surface area (Å²) >= 11 is 0. The number of benzene rings is 2. The monoisotopic (exact) mass is 445 g/mol. The predicted octanol–water partition coefficient (Wildman–Crippen LogP) is 3.38. The Balaban J connectivity index is 1.20. The van der Waals surface area contributed by atoms with Crippen molar-refractivity contribution >= 4 is 11.6 Å². The second-order valence-corrected chi connectivity index (χ2v) is 8.60. The fourth-order valence-corrected chi connectivity index (χ4v) is 4.68. The van der Waals surface area contributed by atoms with Gasteiger partial charge in [0.2, 0.25) is 5.95 Å². The zero-order valence-corrected chi connectivity index (χ0v) is 19.4. The van der Waals surface area contributed by atoms with Crippen molar-refractivity contribution in [2.24, 2.45) is 0 Å². The normalized spacial score (nSPS) is 16.4. The summed E-state index contributed by atoms with van der Waals surface area (Å²) in [5.41, 5.74) is 4.89. The van der Waals surface area contributed by atoms with Crippen molar-refractivity contribution in [3.8, 4) is 11.5 Å². The lowest BCUT2D eigenvalue weighted by molar-refractivity contribution is 0.243. The third kappa shape index (κ3) is 4.73. The maximum atomic E-state index is 5.54. The van der Waals surface area contributed by atoms with Gasteiger partial charge in [0.05, 0.1) is 25.6 Å². The van der Waals surface area contributed by atoms with Gasteiger partial charge in [0.1, 0.15) is 11.5 Å². The largest absolute Gasteiger partial charge is 0.497 e. The topological polar surface area (TPSA) is 54.0 Å². The van der Waals surface area contributed by atoms with Crippen LogP contribution in [0.4, 0.5) is 11.6 Å². The minimum Gasteiger partial charge on any atom is -0.497 e. The third-order valence-electron chi connectivity index (χ3n) is 6.55. The van der Waals surface area contributed by atoms with Crippen LogP contribution in [0.5, 0.6) is 11.5 Å². The van der Waals surface area contributed by atoms with Gasteiger partial charge in [-0.05, 0) is 29.8 Å². The molecule has 0 saturated carbocycles. The molecule has 33 heavy (non-hydrogen) atoms. The molecule has 2 aliphatic rings. The highest BCUT2D eigenvalue weighted by atomic mass is 16.5. The second-order valence-electron chi connectivity index (χ2n) is 8.60. The smallest absolute Gasteiger partial charge is 0.225 e. The maximum absolute atomic E-state index is 5.54. The molecule has 2 aromatic carbocycles. The number of nitrogens with zero attached hydrogens (tertiary/aromatic N) is 5. The molecule has 7 nitrogen and oxygen atoms in total. The first-order valence-electron chi connectivity index (χ1n) is 11.6. The van der Waals surface area contributed by atoms with E-state index in [0.29, 0.717) is 0 Å². The lowest BCUT2D eigenvalue weighted by Gasteiger charge is -2.37. The summed E-state index contributed by atoms with van der Waals surface area (Å²) in [5.74, 6) is 2.68. The molecule has 0 aliphatic carbocycles. The van der Waals surface area contributed by atoms with Crippen LogP contribution in [0.1, 0.15) is 16.8 Å². The molecule has 0 spiro atoms. The van der Waals surface area contributed by atoms with E-state index in [9.17, 15) is 0 Å². The molecule has 7 heteroatoms. The molecule has 0 amide bonds. The minimum absolute atomic E-state index is 0.858. The highest BCUT2D eigenvalue weighted by Crippen LogP contribution is 2.29. The van der Waals surface area contributed by atoms with E-state index in [0.717, 1.165) is 75.4 Å². The van der Waals surface area contributed by atoms with Crippen molar-refractivity contribution in [3.05, 3.63) is 71.5 Å². The highest BCUT2D eigenvalue weighted by Gasteiger charge is 2.24. The fourth-order valence-electron chi connectivity index (χ4n) is 4.68. The van der Waals surface area contributed by atoms with Crippen LogP contribution in [-0.2, 0) is 19.5 Å². The molecule has 1 aromatic heterocycles. The molecule has 0 bridgehead atoms. The Morgan fingerprint density at radius 1 is 0.848 bits per heavy atom. The highest BCUT2D eigenvalue weighted by molar-refractivity contribution is 5.59. The third-order valence-corrected chi connectivity index (χ3v) is 6.55. The van der Waals surface area contributed by atoms with Crippen LogP contribution in [0.15, 0.2) is 54.7 Å². The van der Waals surface area contributed by atoms with Crippen LogP contribution in [0.2, 0.25) is 0 Å². The van der Waals surface area contributed by atoms with Gasteiger partial charge >= 0.3 is 0 Å². The van der Waals surface area contributed by atoms with E-state index in [2.05, 4.69) is 39.0 Å². The first-order chi connectivity index (χ1) is 16.2. The molecular formula is C26H31N5O2. The average Bonchev–Trinajstić information content (AvgIpc) is 2.89. The van der Waals surface area contributed by atoms with E-state index in [1.807, 2.05) is 30.5 Å². The number of piperazine rings is 1. The summed E-state index contributed by atoms with van der Waals surface area (Å²) in [7, 11) is 3.43. The molecule has 0 radical (unpaired) electrons. The van der Waals surface area contributed by atoms with Crippen LogP contribution < -0.4 is 19.3 Å². The summed E-state index contributed by atoms with van der Waals surface area (Å²) in [4.78, 5) is 16.8. The zero-order chi connectivity index (χ0) is 22.6. The van der Waals surface area contributed by atoms with E-state index in [-0.39, 0.29) is 0 Å². The lowest BCUT2D eigenvalue weighted by Crippen LogP contribution is -2.47. The number of aromatic nitrogens is 2. The molecule has 0 N–H and O–H groups in total. The number of hydrogen-bond donors (Lipinski definition) is 0. The number of anilines is 2. The molecule has 172 valence electrons. The standard InChI is InChI=1S/C26H31N5O2/c1-32-22-9-7-20(8-10-22)18-29-12-11-23-21(19-29)17-27-26(28-23)31-15-13-30(14-16-31)24-5-3-4-6-25(24)33-2/h3-10,17H,11-16,18-19H2,1-2H3. The van der Waals surface area contributed by atoms with Crippen molar-refractivity contribution in [1.29, 1.82) is 0 Å². The van der Waals surface area contributed by atoms with Crippen molar-refractivity contribution in [2.75, 3.05) is 56.7 Å². The zero-order valence-electron chi connectivity index (χ0n) is 19.4. The Kier molecular flexibility index (Phi) is 6.30. The van der Waals surface area contributed by atoms with Gasteiger partial charge in [0.15, 0.2) is 0 Å². The average molecular weight is 446 g/mol. The lowest BCUT2D eigenvalue weighted by atomic mass is 10.1. The van der Waals surface area contributed by atoms with Gasteiger partial charge in [-0.15, -0.1) is 0 Å². The Hall–Kier alpha value is -3.32. The Labute approximate surface area is 195 Å². The van der Waals surface area contributed by atoms with Gasteiger partial charge < -0.3 is 19.3 Å². The van der Waals surface area contributed by atoms with Gasteiger partial charge in [0.25, 0.3) is 0 Å². The maximum Gasteiger partial charge on any atom is 0.225 e.